The van der Waals surface area contributed by atoms with E-state index in [0.29, 0.717) is 41.4 Å². The number of benzene rings is 2. The van der Waals surface area contributed by atoms with Gasteiger partial charge in [-0.15, -0.1) is 0 Å². The highest BCUT2D eigenvalue weighted by molar-refractivity contribution is 7.89. The number of hydrogen-bond donors (Lipinski definition) is 1. The minimum atomic E-state index is -3.79. The van der Waals surface area contributed by atoms with Crippen LogP contribution in [0.2, 0.25) is 5.02 Å². The summed E-state index contributed by atoms with van der Waals surface area (Å²) >= 11 is 6.13. The van der Waals surface area contributed by atoms with Gasteiger partial charge < -0.3 is 10.1 Å². The molecule has 2 heterocycles. The van der Waals surface area contributed by atoms with Crippen molar-refractivity contribution in [3.63, 3.8) is 0 Å². The Balaban J connectivity index is 1.53. The predicted molar refractivity (Wildman–Crippen MR) is 120 cm³/mol. The first-order valence-electron chi connectivity index (χ1n) is 9.88. The van der Waals surface area contributed by atoms with Gasteiger partial charge in [-0.1, -0.05) is 29.8 Å². The van der Waals surface area contributed by atoms with E-state index in [2.05, 4.69) is 10.3 Å². The number of nitrogens with one attached hydrogen (secondary N) is 1. The van der Waals surface area contributed by atoms with Crippen molar-refractivity contribution >= 4 is 44.1 Å². The molecule has 0 aliphatic carbocycles. The first-order chi connectivity index (χ1) is 14.9. The Morgan fingerprint density at radius 2 is 2.03 bits per heavy atom. The summed E-state index contributed by atoms with van der Waals surface area (Å²) in [6.45, 7) is 0.477. The number of amides is 1. The number of rotatable bonds is 5. The van der Waals surface area contributed by atoms with Crippen molar-refractivity contribution in [1.82, 2.24) is 9.29 Å². The third kappa shape index (κ3) is 4.37. The number of ether oxygens (including phenoxy) is 1. The average molecular weight is 460 g/mol. The van der Waals surface area contributed by atoms with E-state index >= 15 is 0 Å². The van der Waals surface area contributed by atoms with Gasteiger partial charge in [0, 0.05) is 30.4 Å². The predicted octanol–water partition coefficient (Wildman–Crippen LogP) is 3.94. The molecule has 0 radical (unpaired) electrons. The highest BCUT2D eigenvalue weighted by Crippen LogP contribution is 2.30. The molecule has 0 saturated carbocycles. The monoisotopic (exact) mass is 459 g/mol. The Morgan fingerprint density at radius 3 is 2.81 bits per heavy atom. The fraction of sp³-hybridized carbons (Fsp3) is 0.273. The summed E-state index contributed by atoms with van der Waals surface area (Å²) in [4.78, 5) is 17.3. The molecule has 1 N–H and O–H groups in total. The molecule has 1 aliphatic rings. The maximum atomic E-state index is 13.4. The summed E-state index contributed by atoms with van der Waals surface area (Å²) in [6, 6.07) is 13.7. The maximum Gasteiger partial charge on any atom is 0.245 e. The molecule has 1 fully saturated rings. The third-order valence-electron chi connectivity index (χ3n) is 5.39. The van der Waals surface area contributed by atoms with Crippen LogP contribution < -0.4 is 10.1 Å². The number of nitrogens with zero attached hydrogens (tertiary/aromatic N) is 2. The van der Waals surface area contributed by atoms with Crippen molar-refractivity contribution in [2.45, 2.75) is 17.7 Å². The lowest BCUT2D eigenvalue weighted by Crippen LogP contribution is -2.43. The van der Waals surface area contributed by atoms with Crippen LogP contribution in [0, 0.1) is 5.92 Å². The second-order valence-corrected chi connectivity index (χ2v) is 9.69. The largest absolute Gasteiger partial charge is 0.495 e. The summed E-state index contributed by atoms with van der Waals surface area (Å²) < 4.78 is 33.2. The van der Waals surface area contributed by atoms with Crippen molar-refractivity contribution in [3.05, 3.63) is 59.8 Å². The number of para-hydroxylation sites is 1. The molecule has 9 heteroatoms. The lowest BCUT2D eigenvalue weighted by Gasteiger charge is -2.31. The molecule has 1 aliphatic heterocycles. The Labute approximate surface area is 186 Å². The van der Waals surface area contributed by atoms with Gasteiger partial charge in [-0.25, -0.2) is 8.42 Å². The molecule has 0 bridgehead atoms. The van der Waals surface area contributed by atoms with Crippen LogP contribution in [0.5, 0.6) is 5.75 Å². The highest BCUT2D eigenvalue weighted by Gasteiger charge is 2.34. The quantitative estimate of drug-likeness (QED) is 0.624. The number of fused-ring (bicyclic) bond motifs is 1. The molecule has 1 saturated heterocycles. The van der Waals surface area contributed by atoms with E-state index in [-0.39, 0.29) is 17.3 Å². The smallest absolute Gasteiger partial charge is 0.245 e. The number of pyridine rings is 1. The zero-order valence-electron chi connectivity index (χ0n) is 16.9. The van der Waals surface area contributed by atoms with Crippen LogP contribution in [0.15, 0.2) is 59.6 Å². The fourth-order valence-electron chi connectivity index (χ4n) is 3.79. The number of halogens is 1. The van der Waals surface area contributed by atoms with Crippen molar-refractivity contribution in [2.24, 2.45) is 5.92 Å². The zero-order chi connectivity index (χ0) is 22.0. The Bertz CT molecular complexity index is 1230. The van der Waals surface area contributed by atoms with Crippen LogP contribution in [-0.4, -0.2) is 43.8 Å². The Kier molecular flexibility index (Phi) is 6.13. The topological polar surface area (TPSA) is 88.6 Å². The fourth-order valence-corrected chi connectivity index (χ4v) is 5.73. The molecule has 4 rings (SSSR count). The van der Waals surface area contributed by atoms with Gasteiger partial charge in [-0.2, -0.15) is 4.31 Å². The standard InChI is InChI=1S/C22H22ClN3O4S/c1-30-19-10-9-17(13-18(19)23)25-22(27)16-7-4-12-26(14-16)31(28,29)20-8-2-5-15-6-3-11-24-21(15)20/h2-3,5-6,8-11,13,16H,4,7,12,14H2,1H3,(H,25,27)/t16-/m1/s1. The van der Waals surface area contributed by atoms with E-state index in [0.717, 1.165) is 5.39 Å². The molecule has 2 aromatic carbocycles. The van der Waals surface area contributed by atoms with Crippen LogP contribution in [0.4, 0.5) is 5.69 Å². The van der Waals surface area contributed by atoms with Crippen LogP contribution in [-0.2, 0) is 14.8 Å². The first kappa shape index (κ1) is 21.5. The molecule has 7 nitrogen and oxygen atoms in total. The average Bonchev–Trinajstić information content (AvgIpc) is 2.79. The van der Waals surface area contributed by atoms with Gasteiger partial charge in [0.2, 0.25) is 15.9 Å². The van der Waals surface area contributed by atoms with Crippen LogP contribution in [0.3, 0.4) is 0 Å². The number of aromatic nitrogens is 1. The summed E-state index contributed by atoms with van der Waals surface area (Å²) in [5.41, 5.74) is 0.971. The minimum Gasteiger partial charge on any atom is -0.495 e. The van der Waals surface area contributed by atoms with Crippen LogP contribution >= 0.6 is 11.6 Å². The van der Waals surface area contributed by atoms with E-state index < -0.39 is 15.9 Å². The molecule has 31 heavy (non-hydrogen) atoms. The third-order valence-corrected chi connectivity index (χ3v) is 7.58. The summed E-state index contributed by atoms with van der Waals surface area (Å²) in [6.07, 6.45) is 2.78. The van der Waals surface area contributed by atoms with Gasteiger partial charge in [-0.3, -0.25) is 9.78 Å². The Hall–Kier alpha value is -2.68. The van der Waals surface area contributed by atoms with Gasteiger partial charge in [0.1, 0.15) is 10.6 Å². The van der Waals surface area contributed by atoms with E-state index in [1.165, 1.54) is 11.4 Å². The maximum absolute atomic E-state index is 13.4. The van der Waals surface area contributed by atoms with Gasteiger partial charge in [0.25, 0.3) is 0 Å². The lowest BCUT2D eigenvalue weighted by molar-refractivity contribution is -0.120. The number of methoxy groups -OCH3 is 1. The normalized spacial score (nSPS) is 17.4. The van der Waals surface area contributed by atoms with Gasteiger partial charge in [-0.05, 0) is 43.2 Å². The molecular formula is C22H22ClN3O4S. The molecule has 1 amide bonds. The molecule has 0 spiro atoms. The zero-order valence-corrected chi connectivity index (χ0v) is 18.5. The molecule has 1 aromatic heterocycles. The van der Waals surface area contributed by atoms with Crippen LogP contribution in [0.25, 0.3) is 10.9 Å². The number of anilines is 1. The summed E-state index contributed by atoms with van der Waals surface area (Å²) in [7, 11) is -2.27. The lowest BCUT2D eigenvalue weighted by atomic mass is 9.98. The molecule has 0 unspecified atom stereocenters. The molecule has 3 aromatic rings. The first-order valence-corrected chi connectivity index (χ1v) is 11.7. The SMILES string of the molecule is COc1ccc(NC(=O)[C@@H]2CCCN(S(=O)(=O)c3cccc4cccnc34)C2)cc1Cl. The van der Waals surface area contributed by atoms with Crippen molar-refractivity contribution in [2.75, 3.05) is 25.5 Å². The minimum absolute atomic E-state index is 0.112. The second kappa shape index (κ2) is 8.82. The van der Waals surface area contributed by atoms with Gasteiger partial charge in [0.05, 0.1) is 23.6 Å². The Morgan fingerprint density at radius 1 is 1.23 bits per heavy atom. The van der Waals surface area contributed by atoms with E-state index in [4.69, 9.17) is 16.3 Å². The second-order valence-electron chi connectivity index (χ2n) is 7.37. The molecular weight excluding hydrogens is 438 g/mol. The number of carbonyl (C=O) groups is 1. The number of carbonyl (C=O) groups excluding carboxylic acids is 1. The number of sulfonamides is 1. The van der Waals surface area contributed by atoms with Crippen molar-refractivity contribution in [1.29, 1.82) is 0 Å². The number of hydrogen-bond acceptors (Lipinski definition) is 5. The van der Waals surface area contributed by atoms with Crippen molar-refractivity contribution in [3.8, 4) is 5.75 Å². The number of piperidine rings is 1. The van der Waals surface area contributed by atoms with E-state index in [1.54, 1.807) is 42.6 Å². The van der Waals surface area contributed by atoms with E-state index in [9.17, 15) is 13.2 Å². The molecule has 162 valence electrons. The van der Waals surface area contributed by atoms with Gasteiger partial charge in [0.15, 0.2) is 0 Å². The summed E-state index contributed by atoms with van der Waals surface area (Å²) in [5, 5.41) is 3.97. The highest BCUT2D eigenvalue weighted by atomic mass is 35.5. The van der Waals surface area contributed by atoms with E-state index in [1.807, 2.05) is 12.1 Å². The van der Waals surface area contributed by atoms with Crippen molar-refractivity contribution < 1.29 is 17.9 Å². The van der Waals surface area contributed by atoms with Gasteiger partial charge >= 0.3 is 0 Å². The summed E-state index contributed by atoms with van der Waals surface area (Å²) in [5.74, 6) is -0.192. The molecule has 1 atom stereocenters. The van der Waals surface area contributed by atoms with Crippen LogP contribution in [0.1, 0.15) is 12.8 Å².